The summed E-state index contributed by atoms with van der Waals surface area (Å²) in [6.07, 6.45) is 1.77. The largest absolute Gasteiger partial charge is 0.469 e. The Hall–Kier alpha value is -0.860. The summed E-state index contributed by atoms with van der Waals surface area (Å²) in [5.41, 5.74) is -0.176. The summed E-state index contributed by atoms with van der Waals surface area (Å²) in [5.74, 6) is 0.0436. The Labute approximate surface area is 78.5 Å². The molecule has 0 bridgehead atoms. The summed E-state index contributed by atoms with van der Waals surface area (Å²) in [6.45, 7) is 3.89. The normalized spacial score (nSPS) is 33.5. The van der Waals surface area contributed by atoms with Crippen LogP contribution in [-0.2, 0) is 14.3 Å². The molecule has 13 heavy (non-hydrogen) atoms. The highest BCUT2D eigenvalue weighted by atomic mass is 16.5. The van der Waals surface area contributed by atoms with Crippen LogP contribution in [-0.4, -0.2) is 18.9 Å². The van der Waals surface area contributed by atoms with Gasteiger partial charge in [-0.2, -0.15) is 0 Å². The number of ether oxygens (including phenoxy) is 1. The molecular weight excluding hydrogens is 168 g/mol. The number of carbonyl (C=O) groups excluding carboxylic acids is 2. The van der Waals surface area contributed by atoms with Crippen molar-refractivity contribution in [1.29, 1.82) is 0 Å². The molecule has 74 valence electrons. The van der Waals surface area contributed by atoms with E-state index in [9.17, 15) is 9.59 Å². The van der Waals surface area contributed by atoms with Gasteiger partial charge in [-0.15, -0.1) is 0 Å². The lowest BCUT2D eigenvalue weighted by Crippen LogP contribution is -2.26. The van der Waals surface area contributed by atoms with Crippen molar-refractivity contribution in [2.24, 2.45) is 11.3 Å². The highest BCUT2D eigenvalue weighted by Gasteiger charge is 2.42. The van der Waals surface area contributed by atoms with E-state index in [1.807, 2.05) is 13.8 Å². The van der Waals surface area contributed by atoms with E-state index in [0.717, 1.165) is 6.42 Å². The van der Waals surface area contributed by atoms with Crippen LogP contribution in [0.4, 0.5) is 0 Å². The van der Waals surface area contributed by atoms with Crippen LogP contribution in [0.15, 0.2) is 0 Å². The van der Waals surface area contributed by atoms with Gasteiger partial charge in [-0.1, -0.05) is 13.8 Å². The Balaban J connectivity index is 2.66. The molecule has 1 saturated carbocycles. The van der Waals surface area contributed by atoms with Crippen LogP contribution >= 0.6 is 0 Å². The van der Waals surface area contributed by atoms with E-state index in [1.165, 1.54) is 7.11 Å². The van der Waals surface area contributed by atoms with Gasteiger partial charge in [-0.05, 0) is 11.8 Å². The fourth-order valence-electron chi connectivity index (χ4n) is 1.87. The van der Waals surface area contributed by atoms with Crippen LogP contribution in [0.2, 0.25) is 0 Å². The van der Waals surface area contributed by atoms with Gasteiger partial charge in [-0.3, -0.25) is 9.59 Å². The van der Waals surface area contributed by atoms with Gasteiger partial charge in [0, 0.05) is 12.3 Å². The van der Waals surface area contributed by atoms with E-state index in [1.54, 1.807) is 0 Å². The smallest absolute Gasteiger partial charge is 0.306 e. The minimum atomic E-state index is -0.218. The molecule has 2 atom stereocenters. The molecule has 0 radical (unpaired) electrons. The Bertz CT molecular complexity index is 234. The maximum atomic E-state index is 11.3. The minimum absolute atomic E-state index is 0.00778. The summed E-state index contributed by atoms with van der Waals surface area (Å²) < 4.78 is 4.61. The highest BCUT2D eigenvalue weighted by molar-refractivity contribution is 5.85. The van der Waals surface area contributed by atoms with Gasteiger partial charge in [0.25, 0.3) is 0 Å². The number of ketones is 1. The third kappa shape index (κ3) is 1.90. The average Bonchev–Trinajstić information content (AvgIpc) is 2.34. The molecule has 1 fully saturated rings. The van der Waals surface area contributed by atoms with E-state index in [2.05, 4.69) is 4.74 Å². The number of hydrogen-bond acceptors (Lipinski definition) is 3. The van der Waals surface area contributed by atoms with Gasteiger partial charge in [0.2, 0.25) is 0 Å². The number of Topliss-reactive ketones (excluding diaryl/α,β-unsaturated/α-hetero) is 1. The van der Waals surface area contributed by atoms with E-state index < -0.39 is 0 Å². The molecule has 0 aromatic carbocycles. The molecule has 0 amide bonds. The van der Waals surface area contributed by atoms with Crippen LogP contribution in [0.25, 0.3) is 0 Å². The van der Waals surface area contributed by atoms with Gasteiger partial charge >= 0.3 is 5.97 Å². The first kappa shape index (κ1) is 10.2. The Morgan fingerprint density at radius 1 is 1.69 bits per heavy atom. The third-order valence-corrected chi connectivity index (χ3v) is 3.25. The minimum Gasteiger partial charge on any atom is -0.469 e. The number of hydrogen-bond donors (Lipinski definition) is 0. The van der Waals surface area contributed by atoms with Crippen molar-refractivity contribution in [3.05, 3.63) is 0 Å². The number of methoxy groups -OCH3 is 1. The molecule has 1 aliphatic carbocycles. The van der Waals surface area contributed by atoms with Gasteiger partial charge < -0.3 is 4.74 Å². The molecule has 0 aromatic heterocycles. The molecule has 1 unspecified atom stereocenters. The van der Waals surface area contributed by atoms with Gasteiger partial charge in [0.05, 0.1) is 13.5 Å². The zero-order valence-corrected chi connectivity index (χ0v) is 8.42. The average molecular weight is 184 g/mol. The van der Waals surface area contributed by atoms with E-state index in [-0.39, 0.29) is 23.1 Å². The molecular formula is C10H16O3. The zero-order chi connectivity index (χ0) is 10.1. The second-order valence-electron chi connectivity index (χ2n) is 4.09. The van der Waals surface area contributed by atoms with Crippen molar-refractivity contribution in [3.63, 3.8) is 0 Å². The molecule has 0 heterocycles. The highest BCUT2D eigenvalue weighted by Crippen LogP contribution is 2.43. The molecule has 3 heteroatoms. The quantitative estimate of drug-likeness (QED) is 0.611. The van der Waals surface area contributed by atoms with Gasteiger partial charge in [0.15, 0.2) is 0 Å². The van der Waals surface area contributed by atoms with Gasteiger partial charge in [-0.25, -0.2) is 0 Å². The van der Waals surface area contributed by atoms with Crippen LogP contribution in [0.3, 0.4) is 0 Å². The Kier molecular flexibility index (Phi) is 2.74. The van der Waals surface area contributed by atoms with Crippen LogP contribution in [0, 0.1) is 11.3 Å². The molecule has 0 saturated heterocycles. The van der Waals surface area contributed by atoms with Crippen molar-refractivity contribution in [2.45, 2.75) is 33.1 Å². The predicted molar refractivity (Wildman–Crippen MR) is 48.1 cm³/mol. The number of carbonyl (C=O) groups is 2. The summed E-state index contributed by atoms with van der Waals surface area (Å²) in [6, 6.07) is 0. The lowest BCUT2D eigenvalue weighted by atomic mass is 9.78. The molecule has 3 nitrogen and oxygen atoms in total. The molecule has 0 N–H and O–H groups in total. The second-order valence-corrected chi connectivity index (χ2v) is 4.09. The molecule has 1 rings (SSSR count). The fraction of sp³-hybridized carbons (Fsp3) is 0.800. The van der Waals surface area contributed by atoms with Crippen LogP contribution in [0.1, 0.15) is 33.1 Å². The Morgan fingerprint density at radius 2 is 2.31 bits per heavy atom. The molecule has 0 aromatic rings. The van der Waals surface area contributed by atoms with Crippen molar-refractivity contribution >= 4 is 11.8 Å². The first-order valence-corrected chi connectivity index (χ1v) is 4.59. The molecule has 0 spiro atoms. The first-order valence-electron chi connectivity index (χ1n) is 4.59. The lowest BCUT2D eigenvalue weighted by Gasteiger charge is -2.26. The SMILES string of the molecule is COC(=O)C[C@]1(C)CCC(=O)C1C. The van der Waals surface area contributed by atoms with Crippen molar-refractivity contribution < 1.29 is 14.3 Å². The lowest BCUT2D eigenvalue weighted by molar-refractivity contribution is -0.143. The molecule has 0 aliphatic heterocycles. The maximum Gasteiger partial charge on any atom is 0.306 e. The van der Waals surface area contributed by atoms with Crippen LogP contribution in [0.5, 0.6) is 0 Å². The zero-order valence-electron chi connectivity index (χ0n) is 8.42. The predicted octanol–water partition coefficient (Wildman–Crippen LogP) is 1.55. The monoisotopic (exact) mass is 184 g/mol. The van der Waals surface area contributed by atoms with Crippen LogP contribution < -0.4 is 0 Å². The fourth-order valence-corrected chi connectivity index (χ4v) is 1.87. The molecule has 1 aliphatic rings. The topological polar surface area (TPSA) is 43.4 Å². The summed E-state index contributed by atoms with van der Waals surface area (Å²) >= 11 is 0. The third-order valence-electron chi connectivity index (χ3n) is 3.25. The van der Waals surface area contributed by atoms with Gasteiger partial charge in [0.1, 0.15) is 5.78 Å². The standard InChI is InChI=1S/C10H16O3/c1-7-8(11)4-5-10(7,2)6-9(12)13-3/h7H,4-6H2,1-3H3/t7?,10-/m0/s1. The summed E-state index contributed by atoms with van der Waals surface area (Å²) in [5, 5.41) is 0. The number of rotatable bonds is 2. The van der Waals surface area contributed by atoms with Crippen molar-refractivity contribution in [2.75, 3.05) is 7.11 Å². The summed E-state index contributed by atoms with van der Waals surface area (Å²) in [4.78, 5) is 22.4. The van der Waals surface area contributed by atoms with E-state index in [0.29, 0.717) is 12.8 Å². The van der Waals surface area contributed by atoms with Crippen molar-refractivity contribution in [3.8, 4) is 0 Å². The van der Waals surface area contributed by atoms with Crippen molar-refractivity contribution in [1.82, 2.24) is 0 Å². The maximum absolute atomic E-state index is 11.3. The second kappa shape index (κ2) is 3.48. The summed E-state index contributed by atoms with van der Waals surface area (Å²) in [7, 11) is 1.38. The van der Waals surface area contributed by atoms with E-state index in [4.69, 9.17) is 0 Å². The number of esters is 1. The first-order chi connectivity index (χ1) is 5.99. The van der Waals surface area contributed by atoms with E-state index >= 15 is 0 Å². The Morgan fingerprint density at radius 3 is 2.69 bits per heavy atom.